The van der Waals surface area contributed by atoms with E-state index in [4.69, 9.17) is 19.9 Å². The lowest BCUT2D eigenvalue weighted by molar-refractivity contribution is 0.359. The molecule has 0 bridgehead atoms. The summed E-state index contributed by atoms with van der Waals surface area (Å²) in [7, 11) is 3.28. The average Bonchev–Trinajstić information content (AvgIpc) is 3.21. The number of benzene rings is 1. The van der Waals surface area contributed by atoms with Gasteiger partial charge >= 0.3 is 0 Å². The van der Waals surface area contributed by atoms with Gasteiger partial charge in [-0.3, -0.25) is 4.98 Å². The van der Waals surface area contributed by atoms with E-state index in [1.807, 2.05) is 42.7 Å². The van der Waals surface area contributed by atoms with Gasteiger partial charge in [-0.25, -0.2) is 4.98 Å². The molecule has 0 spiro atoms. The topological polar surface area (TPSA) is 110 Å². The van der Waals surface area contributed by atoms with Crippen molar-refractivity contribution >= 4 is 17.1 Å². The van der Waals surface area contributed by atoms with Crippen LogP contribution in [0.25, 0.3) is 11.2 Å². The smallest absolute Gasteiger partial charge is 0.248 e. The molecule has 0 saturated carbocycles. The number of aromatic nitrogens is 5. The van der Waals surface area contributed by atoms with Crippen LogP contribution in [0.2, 0.25) is 0 Å². The number of pyridine rings is 1. The first kappa shape index (κ1) is 21.9. The van der Waals surface area contributed by atoms with E-state index in [2.05, 4.69) is 31.8 Å². The van der Waals surface area contributed by atoms with Crippen LogP contribution in [0.15, 0.2) is 36.8 Å². The highest BCUT2D eigenvalue weighted by Gasteiger charge is 2.16. The van der Waals surface area contributed by atoms with Gasteiger partial charge < -0.3 is 24.5 Å². The minimum atomic E-state index is 0.0912. The number of fused-ring (bicyclic) bond motifs is 1. The lowest BCUT2D eigenvalue weighted by Gasteiger charge is -2.13. The summed E-state index contributed by atoms with van der Waals surface area (Å²) in [6.07, 6.45) is 3.46. The molecule has 1 aromatic carbocycles. The van der Waals surface area contributed by atoms with Crippen LogP contribution in [0.4, 0.5) is 5.95 Å². The number of nitrogens with two attached hydrogens (primary N) is 1. The minimum absolute atomic E-state index is 0.0912. The van der Waals surface area contributed by atoms with Crippen molar-refractivity contribution in [3.05, 3.63) is 59.2 Å². The number of methoxy groups -OCH3 is 2. The van der Waals surface area contributed by atoms with Crippen molar-refractivity contribution in [2.45, 2.75) is 20.4 Å². The molecule has 3 aromatic heterocycles. The summed E-state index contributed by atoms with van der Waals surface area (Å²) in [4.78, 5) is 17.5. The molecular weight excluding hydrogens is 420 g/mol. The van der Waals surface area contributed by atoms with Gasteiger partial charge in [-0.2, -0.15) is 9.97 Å². The maximum absolute atomic E-state index is 5.94. The van der Waals surface area contributed by atoms with Crippen LogP contribution in [-0.4, -0.2) is 45.3 Å². The van der Waals surface area contributed by atoms with E-state index in [-0.39, 0.29) is 18.4 Å². The molecule has 0 saturated heterocycles. The first-order chi connectivity index (χ1) is 16.0. The van der Waals surface area contributed by atoms with Gasteiger partial charge in [-0.1, -0.05) is 11.8 Å². The van der Waals surface area contributed by atoms with Crippen LogP contribution < -0.4 is 19.9 Å². The molecule has 0 radical (unpaired) electrons. The highest BCUT2D eigenvalue weighted by molar-refractivity contribution is 5.77. The number of rotatable bonds is 6. The van der Waals surface area contributed by atoms with E-state index < -0.39 is 0 Å². The molecule has 0 aliphatic heterocycles. The van der Waals surface area contributed by atoms with Gasteiger partial charge in [0.25, 0.3) is 0 Å². The number of hydrogen-bond acceptors (Lipinski definition) is 8. The number of hydrogen-bond donors (Lipinski definition) is 1. The fourth-order valence-electron chi connectivity index (χ4n) is 3.46. The quantitative estimate of drug-likeness (QED) is 0.452. The summed E-state index contributed by atoms with van der Waals surface area (Å²) in [5.41, 5.74) is 10.6. The predicted octanol–water partition coefficient (Wildman–Crippen LogP) is 2.92. The molecule has 0 amide bonds. The van der Waals surface area contributed by atoms with Crippen molar-refractivity contribution < 1.29 is 14.2 Å². The number of ether oxygens (including phenoxy) is 3. The van der Waals surface area contributed by atoms with Gasteiger partial charge in [0, 0.05) is 22.9 Å². The molecule has 9 nitrogen and oxygen atoms in total. The number of nitrogens with zero attached hydrogens (tertiary/aromatic N) is 5. The lowest BCUT2D eigenvalue weighted by Crippen LogP contribution is -2.07. The lowest BCUT2D eigenvalue weighted by atomic mass is 10.1. The summed E-state index contributed by atoms with van der Waals surface area (Å²) in [6.45, 7) is 4.52. The van der Waals surface area contributed by atoms with Crippen LogP contribution in [0.5, 0.6) is 17.4 Å². The molecule has 4 rings (SSSR count). The number of nitrogen functional groups attached to an aromatic ring is 1. The van der Waals surface area contributed by atoms with Crippen LogP contribution in [-0.2, 0) is 6.54 Å². The molecular formula is C24H24N6O3. The molecule has 0 aliphatic rings. The molecule has 9 heteroatoms. The van der Waals surface area contributed by atoms with Crippen molar-refractivity contribution in [3.8, 4) is 29.2 Å². The van der Waals surface area contributed by atoms with Gasteiger partial charge in [0.05, 0.1) is 32.8 Å². The Bertz CT molecular complexity index is 1350. The number of anilines is 1. The summed E-state index contributed by atoms with van der Waals surface area (Å²) >= 11 is 0. The van der Waals surface area contributed by atoms with E-state index in [0.29, 0.717) is 17.7 Å². The summed E-state index contributed by atoms with van der Waals surface area (Å²) < 4.78 is 18.3. The Labute approximate surface area is 191 Å². The maximum atomic E-state index is 5.94. The second-order valence-electron chi connectivity index (χ2n) is 7.30. The van der Waals surface area contributed by atoms with Gasteiger partial charge in [-0.05, 0) is 38.1 Å². The first-order valence-corrected chi connectivity index (χ1v) is 10.2. The van der Waals surface area contributed by atoms with Crippen molar-refractivity contribution in [3.63, 3.8) is 0 Å². The molecule has 2 N–H and O–H groups in total. The highest BCUT2D eigenvalue weighted by atomic mass is 16.5. The highest BCUT2D eigenvalue weighted by Crippen LogP contribution is 2.26. The Balaban J connectivity index is 1.55. The van der Waals surface area contributed by atoms with Crippen LogP contribution in [0.3, 0.4) is 0 Å². The van der Waals surface area contributed by atoms with E-state index in [1.54, 1.807) is 26.7 Å². The second kappa shape index (κ2) is 9.44. The summed E-state index contributed by atoms with van der Waals surface area (Å²) in [6, 6.07) is 7.47. The van der Waals surface area contributed by atoms with Gasteiger partial charge in [0.15, 0.2) is 17.8 Å². The number of aryl methyl sites for hydroxylation is 1. The third-order valence-electron chi connectivity index (χ3n) is 5.12. The third-order valence-corrected chi connectivity index (χ3v) is 5.12. The minimum Gasteiger partial charge on any atom is -0.497 e. The van der Waals surface area contributed by atoms with Crippen molar-refractivity contribution in [1.29, 1.82) is 0 Å². The maximum Gasteiger partial charge on any atom is 0.248 e. The standard InChI is InChI=1S/C24H24N6O3/c1-15-12-26-19(16(2)21(15)32-4)13-30-14-27-20-22(30)28-24(25)29-23(20)33-11-5-6-17-7-9-18(31-3)10-8-17/h7-10,12,14H,11,13H2,1-4H3,(H2,25,28,29). The Hall–Kier alpha value is -4.32. The summed E-state index contributed by atoms with van der Waals surface area (Å²) in [5, 5.41) is 0. The van der Waals surface area contributed by atoms with E-state index in [9.17, 15) is 0 Å². The SMILES string of the molecule is COc1ccc(C#CCOc2nc(N)nc3c2ncn3Cc2ncc(C)c(OC)c2C)cc1. The van der Waals surface area contributed by atoms with Gasteiger partial charge in [-0.15, -0.1) is 0 Å². The van der Waals surface area contributed by atoms with Crippen molar-refractivity contribution in [2.24, 2.45) is 0 Å². The molecule has 0 aliphatic carbocycles. The van der Waals surface area contributed by atoms with Crippen LogP contribution in [0.1, 0.15) is 22.4 Å². The normalized spacial score (nSPS) is 10.5. The molecule has 33 heavy (non-hydrogen) atoms. The first-order valence-electron chi connectivity index (χ1n) is 10.2. The van der Waals surface area contributed by atoms with Crippen molar-refractivity contribution in [2.75, 3.05) is 26.6 Å². The summed E-state index contributed by atoms with van der Waals surface area (Å²) in [5.74, 6) is 7.98. The predicted molar refractivity (Wildman–Crippen MR) is 124 cm³/mol. The Morgan fingerprint density at radius 1 is 1.03 bits per heavy atom. The zero-order chi connectivity index (χ0) is 23.4. The fraction of sp³-hybridized carbons (Fsp3) is 0.250. The zero-order valence-electron chi connectivity index (χ0n) is 18.9. The molecule has 168 valence electrons. The molecule has 0 atom stereocenters. The zero-order valence-corrected chi connectivity index (χ0v) is 18.9. The second-order valence-corrected chi connectivity index (χ2v) is 7.30. The fourth-order valence-corrected chi connectivity index (χ4v) is 3.46. The van der Waals surface area contributed by atoms with Gasteiger partial charge in [0.1, 0.15) is 11.5 Å². The number of imidazole rings is 1. The Kier molecular flexibility index (Phi) is 6.26. The molecule has 4 aromatic rings. The van der Waals surface area contributed by atoms with Crippen molar-refractivity contribution in [1.82, 2.24) is 24.5 Å². The van der Waals surface area contributed by atoms with Crippen LogP contribution in [0, 0.1) is 25.7 Å². The van der Waals surface area contributed by atoms with E-state index >= 15 is 0 Å². The monoisotopic (exact) mass is 444 g/mol. The van der Waals surface area contributed by atoms with Crippen LogP contribution >= 0.6 is 0 Å². The molecule has 3 heterocycles. The third kappa shape index (κ3) is 4.65. The Morgan fingerprint density at radius 2 is 1.82 bits per heavy atom. The van der Waals surface area contributed by atoms with Gasteiger partial charge in [0.2, 0.25) is 11.8 Å². The molecule has 0 unspecified atom stereocenters. The average molecular weight is 444 g/mol. The Morgan fingerprint density at radius 3 is 2.55 bits per heavy atom. The van der Waals surface area contributed by atoms with E-state index in [0.717, 1.165) is 33.9 Å². The van der Waals surface area contributed by atoms with E-state index in [1.165, 1.54) is 0 Å². The largest absolute Gasteiger partial charge is 0.497 e. The molecule has 0 fully saturated rings.